The number of nitrogens with zero attached hydrogens (tertiary/aromatic N) is 4. The Morgan fingerprint density at radius 2 is 2.00 bits per heavy atom. The van der Waals surface area contributed by atoms with Gasteiger partial charge in [0.25, 0.3) is 5.78 Å². The number of hydrogen-bond donors (Lipinski definition) is 0. The van der Waals surface area contributed by atoms with Crippen LogP contribution in [0.3, 0.4) is 0 Å². The van der Waals surface area contributed by atoms with Crippen LogP contribution in [0, 0.1) is 6.92 Å². The quantitative estimate of drug-likeness (QED) is 0.408. The molecule has 7 heteroatoms. The summed E-state index contributed by atoms with van der Waals surface area (Å²) in [6.07, 6.45) is 3.00. The van der Waals surface area contributed by atoms with E-state index in [-0.39, 0.29) is 11.7 Å². The molecule has 150 valence electrons. The van der Waals surface area contributed by atoms with Gasteiger partial charge in [0.1, 0.15) is 0 Å². The first-order valence-corrected chi connectivity index (χ1v) is 11.2. The van der Waals surface area contributed by atoms with Gasteiger partial charge >= 0.3 is 0 Å². The van der Waals surface area contributed by atoms with E-state index in [1.807, 2.05) is 30.3 Å². The minimum absolute atomic E-state index is 0.109. The predicted octanol–water partition coefficient (Wildman–Crippen LogP) is 5.29. The fourth-order valence-corrected chi connectivity index (χ4v) is 4.95. The van der Waals surface area contributed by atoms with Gasteiger partial charge in [-0.05, 0) is 36.5 Å². The minimum Gasteiger partial charge on any atom is -0.294 e. The van der Waals surface area contributed by atoms with Crippen LogP contribution in [0.5, 0.6) is 0 Å². The molecule has 0 N–H and O–H groups in total. The minimum atomic E-state index is 0.109. The molecule has 1 aliphatic rings. The highest BCUT2D eigenvalue weighted by atomic mass is 35.5. The topological polar surface area (TPSA) is 60.2 Å². The number of Topliss-reactive ketones (excluding diaryl/α,β-unsaturated/α-hetero) is 1. The average molecular weight is 435 g/mol. The molecule has 0 radical (unpaired) electrons. The van der Waals surface area contributed by atoms with Crippen LogP contribution in [0.4, 0.5) is 0 Å². The van der Waals surface area contributed by atoms with Gasteiger partial charge in [0.2, 0.25) is 5.16 Å². The lowest BCUT2D eigenvalue weighted by molar-refractivity contribution is 0.0962. The number of fused-ring (bicyclic) bond motifs is 2. The van der Waals surface area contributed by atoms with Gasteiger partial charge in [0, 0.05) is 23.4 Å². The molecule has 0 aliphatic heterocycles. The highest BCUT2D eigenvalue weighted by Crippen LogP contribution is 2.32. The Balaban J connectivity index is 1.42. The molecular formula is C23H19ClN4OS. The molecule has 0 saturated carbocycles. The van der Waals surface area contributed by atoms with Crippen LogP contribution in [0.1, 0.15) is 45.1 Å². The molecule has 0 spiro atoms. The summed E-state index contributed by atoms with van der Waals surface area (Å²) in [5, 5.41) is 5.85. The summed E-state index contributed by atoms with van der Waals surface area (Å²) in [7, 11) is 0. The molecule has 30 heavy (non-hydrogen) atoms. The van der Waals surface area contributed by atoms with Gasteiger partial charge in [-0.2, -0.15) is 4.98 Å². The third kappa shape index (κ3) is 3.73. The number of benzene rings is 2. The molecule has 5 rings (SSSR count). The molecule has 1 atom stereocenters. The van der Waals surface area contributed by atoms with E-state index >= 15 is 0 Å². The van der Waals surface area contributed by atoms with Crippen molar-refractivity contribution in [2.45, 2.75) is 36.6 Å². The number of halogens is 1. The van der Waals surface area contributed by atoms with Crippen molar-refractivity contribution in [2.75, 3.05) is 0 Å². The summed E-state index contributed by atoms with van der Waals surface area (Å²) >= 11 is 7.74. The first-order chi connectivity index (χ1) is 14.6. The highest BCUT2D eigenvalue weighted by Gasteiger charge is 2.28. The SMILES string of the molecule is Cc1cccc([C@H]2CC(=O)c3cn4nc(SCc5ccccc5Cl)nc4nc3C2)c1. The van der Waals surface area contributed by atoms with Crippen LogP contribution in [0.2, 0.25) is 5.02 Å². The third-order valence-electron chi connectivity index (χ3n) is 5.39. The van der Waals surface area contributed by atoms with E-state index in [1.54, 1.807) is 10.7 Å². The van der Waals surface area contributed by atoms with Gasteiger partial charge in [0.15, 0.2) is 5.78 Å². The number of aryl methyl sites for hydroxylation is 1. The number of rotatable bonds is 4. The third-order valence-corrected chi connectivity index (χ3v) is 6.65. The summed E-state index contributed by atoms with van der Waals surface area (Å²) in [5.74, 6) is 1.45. The van der Waals surface area contributed by atoms with Crippen LogP contribution in [0.25, 0.3) is 5.78 Å². The van der Waals surface area contributed by atoms with Crippen molar-refractivity contribution >= 4 is 34.9 Å². The molecule has 0 bridgehead atoms. The predicted molar refractivity (Wildman–Crippen MR) is 118 cm³/mol. The second-order valence-corrected chi connectivity index (χ2v) is 8.91. The number of aromatic nitrogens is 4. The van der Waals surface area contributed by atoms with Crippen LogP contribution < -0.4 is 0 Å². The molecule has 4 aromatic rings. The average Bonchev–Trinajstić information content (AvgIpc) is 3.13. The van der Waals surface area contributed by atoms with Gasteiger partial charge in [0.05, 0.1) is 11.3 Å². The zero-order chi connectivity index (χ0) is 20.7. The number of thioether (sulfide) groups is 1. The number of carbonyl (C=O) groups is 1. The van der Waals surface area contributed by atoms with Gasteiger partial charge in [-0.25, -0.2) is 9.50 Å². The maximum Gasteiger partial charge on any atom is 0.253 e. The van der Waals surface area contributed by atoms with Crippen LogP contribution in [0.15, 0.2) is 59.9 Å². The number of hydrogen-bond acceptors (Lipinski definition) is 5. The molecule has 5 nitrogen and oxygen atoms in total. The summed E-state index contributed by atoms with van der Waals surface area (Å²) in [5.41, 5.74) is 4.88. The van der Waals surface area contributed by atoms with E-state index in [9.17, 15) is 4.79 Å². The smallest absolute Gasteiger partial charge is 0.253 e. The standard InChI is InChI=1S/C23H19ClN4OS/c1-14-5-4-7-15(9-14)17-10-20-18(21(29)11-17)12-28-22(25-20)26-23(27-28)30-13-16-6-2-3-8-19(16)24/h2-9,12,17H,10-11,13H2,1H3/t17-/m1/s1. The van der Waals surface area contributed by atoms with Crippen molar-refractivity contribution in [1.29, 1.82) is 0 Å². The van der Waals surface area contributed by atoms with E-state index in [0.717, 1.165) is 22.7 Å². The Bertz CT molecular complexity index is 1270. The summed E-state index contributed by atoms with van der Waals surface area (Å²) in [6, 6.07) is 16.1. The molecule has 2 aromatic heterocycles. The van der Waals surface area contributed by atoms with Crippen molar-refractivity contribution < 1.29 is 4.79 Å². The van der Waals surface area contributed by atoms with Crippen molar-refractivity contribution in [1.82, 2.24) is 19.6 Å². The second-order valence-electron chi connectivity index (χ2n) is 7.56. The fourth-order valence-electron chi connectivity index (χ4n) is 3.84. The molecule has 0 amide bonds. The lowest BCUT2D eigenvalue weighted by Gasteiger charge is -2.23. The van der Waals surface area contributed by atoms with E-state index in [1.165, 1.54) is 22.9 Å². The monoisotopic (exact) mass is 434 g/mol. The number of ketones is 1. The first kappa shape index (κ1) is 19.3. The Kier molecular flexibility index (Phi) is 5.05. The molecule has 0 fully saturated rings. The van der Waals surface area contributed by atoms with Gasteiger partial charge in [-0.1, -0.05) is 71.4 Å². The number of carbonyl (C=O) groups excluding carboxylic acids is 1. The molecule has 2 heterocycles. The summed E-state index contributed by atoms with van der Waals surface area (Å²) in [4.78, 5) is 22.1. The summed E-state index contributed by atoms with van der Waals surface area (Å²) < 4.78 is 1.61. The Morgan fingerprint density at radius 1 is 1.13 bits per heavy atom. The summed E-state index contributed by atoms with van der Waals surface area (Å²) in [6.45, 7) is 2.07. The van der Waals surface area contributed by atoms with E-state index in [2.05, 4.69) is 40.2 Å². The first-order valence-electron chi connectivity index (χ1n) is 9.79. The largest absolute Gasteiger partial charge is 0.294 e. The van der Waals surface area contributed by atoms with Crippen molar-refractivity contribution in [3.8, 4) is 0 Å². The Hall–Kier alpha value is -2.70. The molecule has 2 aromatic carbocycles. The highest BCUT2D eigenvalue weighted by molar-refractivity contribution is 7.98. The normalized spacial score (nSPS) is 16.1. The molecule has 1 aliphatic carbocycles. The Labute approximate surface area is 183 Å². The van der Waals surface area contributed by atoms with Gasteiger partial charge in [-0.15, -0.1) is 5.10 Å². The zero-order valence-corrected chi connectivity index (χ0v) is 18.0. The molecule has 0 unspecified atom stereocenters. The van der Waals surface area contributed by atoms with E-state index < -0.39 is 0 Å². The van der Waals surface area contributed by atoms with E-state index in [0.29, 0.717) is 28.7 Å². The zero-order valence-electron chi connectivity index (χ0n) is 16.4. The Morgan fingerprint density at radius 3 is 2.83 bits per heavy atom. The fraction of sp³-hybridized carbons (Fsp3) is 0.217. The second kappa shape index (κ2) is 7.85. The van der Waals surface area contributed by atoms with Crippen LogP contribution >= 0.6 is 23.4 Å². The van der Waals surface area contributed by atoms with Crippen LogP contribution in [-0.2, 0) is 12.2 Å². The van der Waals surface area contributed by atoms with Crippen LogP contribution in [-0.4, -0.2) is 25.4 Å². The van der Waals surface area contributed by atoms with E-state index in [4.69, 9.17) is 11.6 Å². The maximum atomic E-state index is 12.8. The molecular weight excluding hydrogens is 416 g/mol. The van der Waals surface area contributed by atoms with Crippen molar-refractivity contribution in [3.63, 3.8) is 0 Å². The lowest BCUT2D eigenvalue weighted by atomic mass is 9.82. The maximum absolute atomic E-state index is 12.8. The van der Waals surface area contributed by atoms with Crippen molar-refractivity contribution in [2.24, 2.45) is 0 Å². The van der Waals surface area contributed by atoms with Crippen molar-refractivity contribution in [3.05, 3.63) is 87.7 Å². The van der Waals surface area contributed by atoms with Gasteiger partial charge in [-0.3, -0.25) is 4.79 Å². The lowest BCUT2D eigenvalue weighted by Crippen LogP contribution is -2.21. The van der Waals surface area contributed by atoms with Gasteiger partial charge < -0.3 is 0 Å². The molecule has 0 saturated heterocycles.